The summed E-state index contributed by atoms with van der Waals surface area (Å²) in [4.78, 5) is 4.24. The lowest BCUT2D eigenvalue weighted by Gasteiger charge is -2.20. The lowest BCUT2D eigenvalue weighted by atomic mass is 10.1. The van der Waals surface area contributed by atoms with E-state index in [1.807, 2.05) is 23.9 Å². The number of aliphatic imine (C=N–C) groups is 1. The molecule has 0 aliphatic carbocycles. The number of nitrogens with zero attached hydrogens (tertiary/aromatic N) is 1. The van der Waals surface area contributed by atoms with Crippen LogP contribution in [0.4, 0.5) is 0 Å². The maximum atomic E-state index is 6.26. The highest BCUT2D eigenvalue weighted by atomic mass is 127. The number of hydrogen-bond acceptors (Lipinski definition) is 4. The van der Waals surface area contributed by atoms with E-state index in [4.69, 9.17) is 21.1 Å². The van der Waals surface area contributed by atoms with E-state index < -0.39 is 0 Å². The minimum Gasteiger partial charge on any atom is -0.486 e. The second-order valence-corrected chi connectivity index (χ2v) is 6.87. The number of unbranched alkanes of at least 4 members (excludes halogenated alkanes) is 1. The fourth-order valence-electron chi connectivity index (χ4n) is 2.43. The first-order valence-corrected chi connectivity index (χ1v) is 10.0. The van der Waals surface area contributed by atoms with Crippen molar-refractivity contribution in [3.05, 3.63) is 22.7 Å². The number of fused-ring (bicyclic) bond motifs is 1. The first-order valence-electron chi connectivity index (χ1n) is 8.26. The van der Waals surface area contributed by atoms with Crippen molar-refractivity contribution in [2.45, 2.75) is 19.3 Å². The van der Waals surface area contributed by atoms with Gasteiger partial charge in [0.15, 0.2) is 17.5 Å². The average molecular weight is 500 g/mol. The van der Waals surface area contributed by atoms with Crippen LogP contribution in [0.3, 0.4) is 0 Å². The summed E-state index contributed by atoms with van der Waals surface area (Å²) in [5.74, 6) is 3.43. The zero-order valence-corrected chi connectivity index (χ0v) is 18.7. The molecule has 0 unspecified atom stereocenters. The Balaban J connectivity index is 0.00000312. The van der Waals surface area contributed by atoms with Gasteiger partial charge in [-0.25, -0.2) is 0 Å². The quantitative estimate of drug-likeness (QED) is 0.248. The third kappa shape index (κ3) is 7.70. The summed E-state index contributed by atoms with van der Waals surface area (Å²) in [5, 5.41) is 7.27. The molecule has 5 nitrogen and oxygen atoms in total. The molecule has 0 saturated carbocycles. The van der Waals surface area contributed by atoms with Crippen molar-refractivity contribution in [2.24, 2.45) is 4.99 Å². The summed E-state index contributed by atoms with van der Waals surface area (Å²) >= 11 is 8.15. The van der Waals surface area contributed by atoms with Gasteiger partial charge in [-0.2, -0.15) is 11.8 Å². The van der Waals surface area contributed by atoms with Crippen molar-refractivity contribution in [1.82, 2.24) is 10.6 Å². The molecule has 1 aliphatic rings. The highest BCUT2D eigenvalue weighted by Crippen LogP contribution is 2.38. The minimum absolute atomic E-state index is 0. The van der Waals surface area contributed by atoms with Crippen molar-refractivity contribution in [2.75, 3.05) is 45.4 Å². The first-order chi connectivity index (χ1) is 11.7. The molecule has 2 N–H and O–H groups in total. The van der Waals surface area contributed by atoms with Crippen LogP contribution in [-0.4, -0.2) is 51.3 Å². The van der Waals surface area contributed by atoms with Gasteiger partial charge in [-0.05, 0) is 49.0 Å². The van der Waals surface area contributed by atoms with Crippen molar-refractivity contribution in [3.8, 4) is 11.5 Å². The number of thioether (sulfide) groups is 1. The topological polar surface area (TPSA) is 54.9 Å². The van der Waals surface area contributed by atoms with E-state index in [9.17, 15) is 0 Å². The van der Waals surface area contributed by atoms with Gasteiger partial charge in [-0.1, -0.05) is 11.6 Å². The molecule has 0 fully saturated rings. The third-order valence-corrected chi connectivity index (χ3v) is 4.63. The van der Waals surface area contributed by atoms with Crippen LogP contribution in [0.1, 0.15) is 18.4 Å². The summed E-state index contributed by atoms with van der Waals surface area (Å²) in [6, 6.07) is 3.94. The molecule has 142 valence electrons. The molecule has 1 heterocycles. The lowest BCUT2D eigenvalue weighted by molar-refractivity contribution is 0.171. The maximum absolute atomic E-state index is 6.26. The number of rotatable bonds is 8. The Bertz CT molecular complexity index is 561. The maximum Gasteiger partial charge on any atom is 0.190 e. The van der Waals surface area contributed by atoms with Gasteiger partial charge in [0.2, 0.25) is 0 Å². The van der Waals surface area contributed by atoms with Crippen LogP contribution in [0.5, 0.6) is 11.5 Å². The molecule has 1 aliphatic heterocycles. The molecule has 1 aromatic rings. The number of guanidine groups is 1. The first kappa shape index (κ1) is 22.5. The molecule has 2 rings (SSSR count). The molecule has 0 radical (unpaired) electrons. The Hall–Kier alpha value is -0.540. The van der Waals surface area contributed by atoms with Gasteiger partial charge < -0.3 is 20.1 Å². The molecule has 0 spiro atoms. The Morgan fingerprint density at radius 3 is 2.72 bits per heavy atom. The monoisotopic (exact) mass is 499 g/mol. The summed E-state index contributed by atoms with van der Waals surface area (Å²) in [7, 11) is 1.79. The average Bonchev–Trinajstić information content (AvgIpc) is 2.60. The smallest absolute Gasteiger partial charge is 0.190 e. The summed E-state index contributed by atoms with van der Waals surface area (Å²) in [6.45, 7) is 2.83. The van der Waals surface area contributed by atoms with E-state index in [-0.39, 0.29) is 24.0 Å². The van der Waals surface area contributed by atoms with Crippen LogP contribution < -0.4 is 20.1 Å². The van der Waals surface area contributed by atoms with Crippen molar-refractivity contribution < 1.29 is 9.47 Å². The van der Waals surface area contributed by atoms with Crippen molar-refractivity contribution in [1.29, 1.82) is 0 Å². The SMILES string of the molecule is CN=C(NCCCCSC)NCCc1cc(Cl)c2c(c1)OCCO2.I. The second-order valence-electron chi connectivity index (χ2n) is 5.48. The summed E-state index contributed by atoms with van der Waals surface area (Å²) < 4.78 is 11.1. The van der Waals surface area contributed by atoms with E-state index in [0.717, 1.165) is 43.2 Å². The Morgan fingerprint density at radius 1 is 1.20 bits per heavy atom. The van der Waals surface area contributed by atoms with Crippen molar-refractivity contribution in [3.63, 3.8) is 0 Å². The molecule has 0 amide bonds. The summed E-state index contributed by atoms with van der Waals surface area (Å²) in [5.41, 5.74) is 1.12. The zero-order valence-electron chi connectivity index (χ0n) is 14.8. The molecule has 0 bridgehead atoms. The molecule has 1 aromatic carbocycles. The van der Waals surface area contributed by atoms with E-state index in [1.54, 1.807) is 7.05 Å². The Kier molecular flexibility index (Phi) is 11.5. The molecule has 0 aromatic heterocycles. The summed E-state index contributed by atoms with van der Waals surface area (Å²) in [6.07, 6.45) is 5.35. The van der Waals surface area contributed by atoms with Gasteiger partial charge >= 0.3 is 0 Å². The van der Waals surface area contributed by atoms with Crippen LogP contribution in [0.15, 0.2) is 17.1 Å². The number of benzene rings is 1. The van der Waals surface area contributed by atoms with Crippen LogP contribution >= 0.6 is 47.3 Å². The molecule has 0 atom stereocenters. The van der Waals surface area contributed by atoms with Gasteiger partial charge in [-0.3, -0.25) is 4.99 Å². The molecule has 8 heteroatoms. The highest BCUT2D eigenvalue weighted by Gasteiger charge is 2.16. The second kappa shape index (κ2) is 12.8. The number of halogens is 2. The van der Waals surface area contributed by atoms with Crippen molar-refractivity contribution >= 4 is 53.3 Å². The Labute approximate surface area is 176 Å². The van der Waals surface area contributed by atoms with Gasteiger partial charge in [-0.15, -0.1) is 24.0 Å². The molecular formula is C17H27ClIN3O2S. The fourth-order valence-corrected chi connectivity index (χ4v) is 3.21. The van der Waals surface area contributed by atoms with E-state index in [2.05, 4.69) is 21.9 Å². The zero-order chi connectivity index (χ0) is 17.2. The molecular weight excluding hydrogens is 473 g/mol. The standard InChI is InChI=1S/C17H26ClN3O2S.HI/c1-19-17(20-6-3-4-10-24-2)21-7-5-13-11-14(18)16-15(12-13)22-8-9-23-16;/h11-12H,3-10H2,1-2H3,(H2,19,20,21);1H. The minimum atomic E-state index is 0. The largest absolute Gasteiger partial charge is 0.486 e. The van der Waals surface area contributed by atoms with Gasteiger partial charge in [0.1, 0.15) is 13.2 Å². The predicted octanol–water partition coefficient (Wildman–Crippen LogP) is 3.58. The predicted molar refractivity (Wildman–Crippen MR) is 119 cm³/mol. The van der Waals surface area contributed by atoms with E-state index in [0.29, 0.717) is 24.0 Å². The van der Waals surface area contributed by atoms with Crippen LogP contribution in [-0.2, 0) is 6.42 Å². The molecule has 0 saturated heterocycles. The Morgan fingerprint density at radius 2 is 1.96 bits per heavy atom. The van der Waals surface area contributed by atoms with Crippen LogP contribution in [0, 0.1) is 0 Å². The number of ether oxygens (including phenoxy) is 2. The third-order valence-electron chi connectivity index (χ3n) is 3.65. The van der Waals surface area contributed by atoms with Crippen LogP contribution in [0.2, 0.25) is 5.02 Å². The van der Waals surface area contributed by atoms with Gasteiger partial charge in [0, 0.05) is 20.1 Å². The lowest BCUT2D eigenvalue weighted by Crippen LogP contribution is -2.38. The van der Waals surface area contributed by atoms with E-state index in [1.165, 1.54) is 12.2 Å². The fraction of sp³-hybridized carbons (Fsp3) is 0.588. The van der Waals surface area contributed by atoms with Crippen LogP contribution in [0.25, 0.3) is 0 Å². The van der Waals surface area contributed by atoms with Gasteiger partial charge in [0.05, 0.1) is 5.02 Å². The van der Waals surface area contributed by atoms with E-state index >= 15 is 0 Å². The number of hydrogen-bond donors (Lipinski definition) is 2. The van der Waals surface area contributed by atoms with Gasteiger partial charge in [0.25, 0.3) is 0 Å². The highest BCUT2D eigenvalue weighted by molar-refractivity contribution is 14.0. The molecule has 25 heavy (non-hydrogen) atoms. The normalized spacial score (nSPS) is 13.2. The number of nitrogens with one attached hydrogen (secondary N) is 2.